The molecule has 0 saturated heterocycles. The third-order valence-electron chi connectivity index (χ3n) is 5.66. The molecule has 0 aromatic heterocycles. The molecule has 1 aliphatic carbocycles. The summed E-state index contributed by atoms with van der Waals surface area (Å²) in [6.07, 6.45) is 4.81. The molecule has 1 aliphatic heterocycles. The lowest BCUT2D eigenvalue weighted by molar-refractivity contribution is 0.299. The molecule has 1 heterocycles. The van der Waals surface area contributed by atoms with Crippen LogP contribution in [0, 0.1) is 0 Å². The van der Waals surface area contributed by atoms with Gasteiger partial charge in [0.15, 0.2) is 0 Å². The monoisotopic (exact) mass is 368 g/mol. The maximum atomic E-state index is 5.59. The number of hydrogen-bond donors (Lipinski definition) is 1. The Hall–Kier alpha value is -1.65. The fourth-order valence-electron chi connectivity index (χ4n) is 4.26. The Morgan fingerprint density at radius 1 is 1.27 bits per heavy atom. The molecule has 1 N–H and O–H groups in total. The van der Waals surface area contributed by atoms with E-state index in [4.69, 9.17) is 4.74 Å². The quantitative estimate of drug-likeness (QED) is 0.794. The van der Waals surface area contributed by atoms with Crippen LogP contribution in [0.1, 0.15) is 35.4 Å². The number of anilines is 1. The van der Waals surface area contributed by atoms with E-state index in [0.717, 1.165) is 37.6 Å². The van der Waals surface area contributed by atoms with Crippen molar-refractivity contribution in [3.8, 4) is 5.75 Å². The zero-order valence-corrected chi connectivity index (χ0v) is 16.6. The molecule has 26 heavy (non-hydrogen) atoms. The number of fused-ring (bicyclic) bond motifs is 2. The predicted molar refractivity (Wildman–Crippen MR) is 111 cm³/mol. The van der Waals surface area contributed by atoms with Crippen LogP contribution in [0.25, 0.3) is 0 Å². The molecule has 2 aliphatic rings. The number of methoxy groups -OCH3 is 1. The molecule has 3 nitrogen and oxygen atoms in total. The van der Waals surface area contributed by atoms with Gasteiger partial charge in [-0.15, -0.1) is 11.8 Å². The summed E-state index contributed by atoms with van der Waals surface area (Å²) in [5.41, 5.74) is 5.67. The highest BCUT2D eigenvalue weighted by atomic mass is 32.2. The second-order valence-corrected chi connectivity index (χ2v) is 8.44. The number of nitrogens with zero attached hydrogens (tertiary/aromatic N) is 1. The number of thioether (sulfide) groups is 1. The molecule has 0 saturated carbocycles. The van der Waals surface area contributed by atoms with Crippen molar-refractivity contribution >= 4 is 17.4 Å². The second kappa shape index (κ2) is 7.93. The Morgan fingerprint density at radius 2 is 2.19 bits per heavy atom. The van der Waals surface area contributed by atoms with Crippen LogP contribution in [-0.4, -0.2) is 38.0 Å². The fraction of sp³-hybridized carbons (Fsp3) is 0.455. The Kier molecular flexibility index (Phi) is 5.41. The smallest absolute Gasteiger partial charge is 0.122 e. The van der Waals surface area contributed by atoms with Gasteiger partial charge >= 0.3 is 0 Å². The molecule has 0 radical (unpaired) electrons. The predicted octanol–water partition coefficient (Wildman–Crippen LogP) is 4.76. The number of benzene rings is 2. The molecule has 0 amide bonds. The molecule has 2 aromatic carbocycles. The van der Waals surface area contributed by atoms with Crippen molar-refractivity contribution in [1.29, 1.82) is 0 Å². The molecule has 0 unspecified atom stereocenters. The lowest BCUT2D eigenvalue weighted by Crippen LogP contribution is -2.28. The molecule has 0 spiro atoms. The first-order valence-corrected chi connectivity index (χ1v) is 10.6. The van der Waals surface area contributed by atoms with Crippen LogP contribution >= 0.6 is 11.8 Å². The molecule has 0 fully saturated rings. The molecule has 2 aromatic rings. The summed E-state index contributed by atoms with van der Waals surface area (Å²) in [4.78, 5) is 3.90. The van der Waals surface area contributed by atoms with Crippen LogP contribution in [0.2, 0.25) is 0 Å². The number of ether oxygens (including phenoxy) is 1. The van der Waals surface area contributed by atoms with Crippen molar-refractivity contribution in [1.82, 2.24) is 4.90 Å². The highest BCUT2D eigenvalue weighted by Gasteiger charge is 2.23. The standard InChI is InChI=1S/C22H28N2OS/c1-24(12-11-16-9-10-20-22(13-16)26-15-23-20)14-17-5-3-7-19-18(17)6-4-8-21(19)25-2/h4,6,8-10,13,17,23H,3,5,7,11-12,14-15H2,1-2H3/t17-/m0/s1. The van der Waals surface area contributed by atoms with Crippen molar-refractivity contribution in [3.05, 3.63) is 53.1 Å². The first kappa shape index (κ1) is 17.7. The van der Waals surface area contributed by atoms with Gasteiger partial charge in [-0.25, -0.2) is 0 Å². The average molecular weight is 369 g/mol. The number of hydrogen-bond acceptors (Lipinski definition) is 4. The summed E-state index contributed by atoms with van der Waals surface area (Å²) in [6.45, 7) is 2.23. The average Bonchev–Trinajstić information content (AvgIpc) is 3.14. The van der Waals surface area contributed by atoms with Crippen molar-refractivity contribution in [2.45, 2.75) is 36.5 Å². The maximum Gasteiger partial charge on any atom is 0.122 e. The first-order valence-electron chi connectivity index (χ1n) is 9.58. The highest BCUT2D eigenvalue weighted by molar-refractivity contribution is 7.99. The van der Waals surface area contributed by atoms with E-state index in [1.54, 1.807) is 7.11 Å². The Morgan fingerprint density at radius 3 is 3.08 bits per heavy atom. The zero-order valence-electron chi connectivity index (χ0n) is 15.8. The maximum absolute atomic E-state index is 5.59. The van der Waals surface area contributed by atoms with Gasteiger partial charge in [0.2, 0.25) is 0 Å². The Labute approximate surface area is 161 Å². The van der Waals surface area contributed by atoms with Crippen molar-refractivity contribution < 1.29 is 4.74 Å². The van der Waals surface area contributed by atoms with E-state index in [-0.39, 0.29) is 0 Å². The van der Waals surface area contributed by atoms with E-state index in [1.807, 2.05) is 11.8 Å². The van der Waals surface area contributed by atoms with Crippen LogP contribution in [0.3, 0.4) is 0 Å². The van der Waals surface area contributed by atoms with E-state index in [9.17, 15) is 0 Å². The third-order valence-corrected chi connectivity index (χ3v) is 6.60. The topological polar surface area (TPSA) is 24.5 Å². The third kappa shape index (κ3) is 3.72. The minimum Gasteiger partial charge on any atom is -0.496 e. The van der Waals surface area contributed by atoms with Crippen LogP contribution in [-0.2, 0) is 12.8 Å². The van der Waals surface area contributed by atoms with Gasteiger partial charge in [-0.1, -0.05) is 18.2 Å². The van der Waals surface area contributed by atoms with Gasteiger partial charge in [0.05, 0.1) is 13.0 Å². The van der Waals surface area contributed by atoms with Gasteiger partial charge in [0, 0.05) is 23.7 Å². The molecular formula is C22H28N2OS. The van der Waals surface area contributed by atoms with Crippen molar-refractivity contribution in [3.63, 3.8) is 0 Å². The SMILES string of the molecule is COc1cccc2c1CCC[C@H]2CN(C)CCc1ccc2c(c1)SCN2. The Bertz CT molecular complexity index is 777. The van der Waals surface area contributed by atoms with Crippen LogP contribution in [0.15, 0.2) is 41.3 Å². The van der Waals surface area contributed by atoms with E-state index >= 15 is 0 Å². The lowest BCUT2D eigenvalue weighted by Gasteiger charge is -2.30. The van der Waals surface area contributed by atoms with Gasteiger partial charge in [-0.3, -0.25) is 0 Å². The molecule has 0 bridgehead atoms. The summed E-state index contributed by atoms with van der Waals surface area (Å²) >= 11 is 1.90. The summed E-state index contributed by atoms with van der Waals surface area (Å²) < 4.78 is 5.59. The van der Waals surface area contributed by atoms with Gasteiger partial charge in [0.25, 0.3) is 0 Å². The summed E-state index contributed by atoms with van der Waals surface area (Å²) in [7, 11) is 4.05. The number of likely N-dealkylation sites (N-methyl/N-ethyl adjacent to an activating group) is 1. The van der Waals surface area contributed by atoms with Crippen LogP contribution in [0.4, 0.5) is 5.69 Å². The molecule has 1 atom stereocenters. The first-order chi connectivity index (χ1) is 12.7. The fourth-order valence-corrected chi connectivity index (χ4v) is 5.17. The number of rotatable bonds is 6. The van der Waals surface area contributed by atoms with E-state index in [1.165, 1.54) is 40.1 Å². The molecule has 138 valence electrons. The van der Waals surface area contributed by atoms with Crippen molar-refractivity contribution in [2.75, 3.05) is 38.4 Å². The van der Waals surface area contributed by atoms with Crippen LogP contribution in [0.5, 0.6) is 5.75 Å². The van der Waals surface area contributed by atoms with Gasteiger partial charge in [0.1, 0.15) is 5.75 Å². The minimum absolute atomic E-state index is 0.624. The van der Waals surface area contributed by atoms with Gasteiger partial charge in [-0.05, 0) is 73.5 Å². The second-order valence-electron chi connectivity index (χ2n) is 7.43. The lowest BCUT2D eigenvalue weighted by atomic mass is 9.82. The molecule has 4 rings (SSSR count). The molecule has 4 heteroatoms. The highest BCUT2D eigenvalue weighted by Crippen LogP contribution is 2.37. The summed E-state index contributed by atoms with van der Waals surface area (Å²) in [5.74, 6) is 2.70. The van der Waals surface area contributed by atoms with Gasteiger partial charge in [-0.2, -0.15) is 0 Å². The summed E-state index contributed by atoms with van der Waals surface area (Å²) in [6, 6.07) is 13.4. The molecular weight excluding hydrogens is 340 g/mol. The Balaban J connectivity index is 1.38. The minimum atomic E-state index is 0.624. The summed E-state index contributed by atoms with van der Waals surface area (Å²) in [5, 5.41) is 3.41. The van der Waals surface area contributed by atoms with E-state index in [0.29, 0.717) is 5.92 Å². The normalized spacial score (nSPS) is 18.3. The largest absolute Gasteiger partial charge is 0.496 e. The van der Waals surface area contributed by atoms with Crippen LogP contribution < -0.4 is 10.1 Å². The van der Waals surface area contributed by atoms with Crippen molar-refractivity contribution in [2.24, 2.45) is 0 Å². The zero-order chi connectivity index (χ0) is 17.9. The van der Waals surface area contributed by atoms with E-state index in [2.05, 4.69) is 53.7 Å². The number of nitrogens with one attached hydrogen (secondary N) is 1. The van der Waals surface area contributed by atoms with E-state index < -0.39 is 0 Å². The van der Waals surface area contributed by atoms with Gasteiger partial charge < -0.3 is 15.0 Å².